The van der Waals surface area contributed by atoms with Crippen molar-refractivity contribution in [2.75, 3.05) is 12.4 Å². The highest BCUT2D eigenvalue weighted by atomic mass is 35.5. The van der Waals surface area contributed by atoms with Crippen molar-refractivity contribution in [1.82, 2.24) is 5.32 Å². The van der Waals surface area contributed by atoms with Crippen molar-refractivity contribution in [3.8, 4) is 0 Å². The molecule has 6 heteroatoms. The molecule has 0 heterocycles. The molecule has 0 aliphatic carbocycles. The van der Waals surface area contributed by atoms with Gasteiger partial charge in [0.2, 0.25) is 5.91 Å². The zero-order valence-electron chi connectivity index (χ0n) is 12.3. The van der Waals surface area contributed by atoms with Gasteiger partial charge in [0, 0.05) is 34.4 Å². The minimum absolute atomic E-state index is 0.180. The van der Waals surface area contributed by atoms with Crippen LogP contribution in [-0.4, -0.2) is 18.9 Å². The van der Waals surface area contributed by atoms with E-state index in [-0.39, 0.29) is 11.8 Å². The molecule has 0 aliphatic rings. The van der Waals surface area contributed by atoms with Gasteiger partial charge < -0.3 is 10.6 Å². The van der Waals surface area contributed by atoms with Gasteiger partial charge in [0.15, 0.2) is 0 Å². The third kappa shape index (κ3) is 4.84. The van der Waals surface area contributed by atoms with Crippen molar-refractivity contribution in [1.29, 1.82) is 0 Å². The van der Waals surface area contributed by atoms with Crippen molar-refractivity contribution in [2.24, 2.45) is 0 Å². The summed E-state index contributed by atoms with van der Waals surface area (Å²) in [6.07, 6.45) is 2.98. The number of anilines is 1. The smallest absolute Gasteiger partial charge is 0.251 e. The van der Waals surface area contributed by atoms with Gasteiger partial charge in [-0.3, -0.25) is 9.59 Å². The van der Waals surface area contributed by atoms with E-state index in [1.807, 2.05) is 0 Å². The van der Waals surface area contributed by atoms with Gasteiger partial charge in [-0.15, -0.1) is 0 Å². The Hall–Kier alpha value is -2.30. The standard InChI is InChI=1S/C17H14Cl2N2O2/c1-20-17(23)12-3-7-14(8-4-12)21-16(22)9-5-11-2-6-13(18)10-15(11)19/h2-10H,1H3,(H,20,23)(H,21,22)/b9-5+. The lowest BCUT2D eigenvalue weighted by Crippen LogP contribution is -2.17. The number of carbonyl (C=O) groups is 2. The molecule has 2 amide bonds. The normalized spacial score (nSPS) is 10.6. The highest BCUT2D eigenvalue weighted by Gasteiger charge is 2.04. The number of amides is 2. The molecule has 0 radical (unpaired) electrons. The fourth-order valence-electron chi connectivity index (χ4n) is 1.84. The molecule has 0 aromatic heterocycles. The minimum Gasteiger partial charge on any atom is -0.355 e. The first-order chi connectivity index (χ1) is 11.0. The van der Waals surface area contributed by atoms with E-state index in [2.05, 4.69) is 10.6 Å². The topological polar surface area (TPSA) is 58.2 Å². The second-order valence-corrected chi connectivity index (χ2v) is 5.49. The number of hydrogen-bond donors (Lipinski definition) is 2. The molecule has 0 aliphatic heterocycles. The van der Waals surface area contributed by atoms with E-state index in [4.69, 9.17) is 23.2 Å². The second kappa shape index (κ2) is 7.81. The van der Waals surface area contributed by atoms with Gasteiger partial charge in [-0.05, 0) is 48.0 Å². The summed E-state index contributed by atoms with van der Waals surface area (Å²) in [5.74, 6) is -0.483. The van der Waals surface area contributed by atoms with E-state index in [9.17, 15) is 9.59 Å². The van der Waals surface area contributed by atoms with E-state index >= 15 is 0 Å². The fourth-order valence-corrected chi connectivity index (χ4v) is 2.31. The molecule has 23 heavy (non-hydrogen) atoms. The van der Waals surface area contributed by atoms with Crippen molar-refractivity contribution in [3.05, 3.63) is 69.7 Å². The van der Waals surface area contributed by atoms with Crippen LogP contribution in [0.25, 0.3) is 6.08 Å². The molecule has 2 N–H and O–H groups in total. The zero-order valence-corrected chi connectivity index (χ0v) is 13.8. The summed E-state index contributed by atoms with van der Waals surface area (Å²) < 4.78 is 0. The van der Waals surface area contributed by atoms with Crippen LogP contribution >= 0.6 is 23.2 Å². The Labute approximate surface area is 144 Å². The summed E-state index contributed by atoms with van der Waals surface area (Å²) in [7, 11) is 1.56. The lowest BCUT2D eigenvalue weighted by atomic mass is 10.2. The predicted molar refractivity (Wildman–Crippen MR) is 94.0 cm³/mol. The fraction of sp³-hybridized carbons (Fsp3) is 0.0588. The van der Waals surface area contributed by atoms with E-state index < -0.39 is 0 Å². The van der Waals surface area contributed by atoms with Gasteiger partial charge in [0.25, 0.3) is 5.91 Å². The first-order valence-electron chi connectivity index (χ1n) is 6.76. The Morgan fingerprint density at radius 3 is 2.35 bits per heavy atom. The first-order valence-corrected chi connectivity index (χ1v) is 7.51. The monoisotopic (exact) mass is 348 g/mol. The molecule has 0 saturated carbocycles. The summed E-state index contributed by atoms with van der Waals surface area (Å²) >= 11 is 11.8. The minimum atomic E-state index is -0.302. The summed E-state index contributed by atoms with van der Waals surface area (Å²) in [6, 6.07) is 11.6. The summed E-state index contributed by atoms with van der Waals surface area (Å²) in [6.45, 7) is 0. The van der Waals surface area contributed by atoms with Crippen LogP contribution in [0.3, 0.4) is 0 Å². The Morgan fingerprint density at radius 2 is 1.74 bits per heavy atom. The van der Waals surface area contributed by atoms with Crippen LogP contribution in [0, 0.1) is 0 Å². The maximum absolute atomic E-state index is 11.9. The maximum Gasteiger partial charge on any atom is 0.251 e. The molecule has 118 valence electrons. The van der Waals surface area contributed by atoms with Crippen molar-refractivity contribution in [3.63, 3.8) is 0 Å². The number of nitrogens with one attached hydrogen (secondary N) is 2. The quantitative estimate of drug-likeness (QED) is 0.820. The molecule has 2 aromatic rings. The molecule has 0 saturated heterocycles. The third-order valence-corrected chi connectivity index (χ3v) is 3.58. The Balaban J connectivity index is 2.01. The molecule has 0 spiro atoms. The van der Waals surface area contributed by atoms with Crippen LogP contribution in [0.1, 0.15) is 15.9 Å². The predicted octanol–water partition coefficient (Wildman–Crippen LogP) is 4.00. The molecule has 4 nitrogen and oxygen atoms in total. The third-order valence-electron chi connectivity index (χ3n) is 3.02. The van der Waals surface area contributed by atoms with Crippen LogP contribution in [-0.2, 0) is 4.79 Å². The molecular formula is C17H14Cl2N2O2. The lowest BCUT2D eigenvalue weighted by molar-refractivity contribution is -0.111. The van der Waals surface area contributed by atoms with Crippen molar-refractivity contribution >= 4 is 46.8 Å². The van der Waals surface area contributed by atoms with Crippen LogP contribution in [0.2, 0.25) is 10.0 Å². The van der Waals surface area contributed by atoms with E-state index in [1.165, 1.54) is 6.08 Å². The first kappa shape index (κ1) is 17.1. The average molecular weight is 349 g/mol. The molecule has 0 fully saturated rings. The average Bonchev–Trinajstić information content (AvgIpc) is 2.54. The van der Waals surface area contributed by atoms with Crippen molar-refractivity contribution < 1.29 is 9.59 Å². The van der Waals surface area contributed by atoms with Crippen LogP contribution in [0.4, 0.5) is 5.69 Å². The van der Waals surface area contributed by atoms with Crippen LogP contribution in [0.5, 0.6) is 0 Å². The van der Waals surface area contributed by atoms with Gasteiger partial charge in [0.05, 0.1) is 0 Å². The lowest BCUT2D eigenvalue weighted by Gasteiger charge is -2.04. The number of benzene rings is 2. The van der Waals surface area contributed by atoms with Crippen LogP contribution in [0.15, 0.2) is 48.5 Å². The number of halogens is 2. The molecule has 0 atom stereocenters. The highest BCUT2D eigenvalue weighted by Crippen LogP contribution is 2.22. The molecular weight excluding hydrogens is 335 g/mol. The highest BCUT2D eigenvalue weighted by molar-refractivity contribution is 6.35. The Kier molecular flexibility index (Phi) is 5.79. The van der Waals surface area contributed by atoms with Gasteiger partial charge >= 0.3 is 0 Å². The summed E-state index contributed by atoms with van der Waals surface area (Å²) in [5, 5.41) is 6.23. The second-order valence-electron chi connectivity index (χ2n) is 4.64. The largest absolute Gasteiger partial charge is 0.355 e. The zero-order chi connectivity index (χ0) is 16.8. The van der Waals surface area contributed by atoms with E-state index in [0.717, 1.165) is 0 Å². The molecule has 0 unspecified atom stereocenters. The number of carbonyl (C=O) groups excluding carboxylic acids is 2. The van der Waals surface area contributed by atoms with E-state index in [1.54, 1.807) is 55.6 Å². The number of rotatable bonds is 4. The van der Waals surface area contributed by atoms with Crippen LogP contribution < -0.4 is 10.6 Å². The van der Waals surface area contributed by atoms with Gasteiger partial charge in [0.1, 0.15) is 0 Å². The van der Waals surface area contributed by atoms with Gasteiger partial charge in [-0.2, -0.15) is 0 Å². The summed E-state index contributed by atoms with van der Waals surface area (Å²) in [5.41, 5.74) is 1.81. The molecule has 0 bridgehead atoms. The Morgan fingerprint density at radius 1 is 1.04 bits per heavy atom. The molecule has 2 rings (SSSR count). The summed E-state index contributed by atoms with van der Waals surface area (Å²) in [4.78, 5) is 23.3. The van der Waals surface area contributed by atoms with Gasteiger partial charge in [-0.1, -0.05) is 29.3 Å². The Bertz CT molecular complexity index is 756. The van der Waals surface area contributed by atoms with Crippen molar-refractivity contribution in [2.45, 2.75) is 0 Å². The van der Waals surface area contributed by atoms with E-state index in [0.29, 0.717) is 26.9 Å². The SMILES string of the molecule is CNC(=O)c1ccc(NC(=O)/C=C/c2ccc(Cl)cc2Cl)cc1. The number of hydrogen-bond acceptors (Lipinski definition) is 2. The maximum atomic E-state index is 11.9. The molecule has 2 aromatic carbocycles. The van der Waals surface area contributed by atoms with Gasteiger partial charge in [-0.25, -0.2) is 0 Å².